The van der Waals surface area contributed by atoms with Crippen molar-refractivity contribution in [3.05, 3.63) is 23.8 Å². The van der Waals surface area contributed by atoms with Crippen molar-refractivity contribution in [2.24, 2.45) is 0 Å². The number of urea groups is 1. The van der Waals surface area contributed by atoms with Crippen LogP contribution in [-0.4, -0.2) is 58.2 Å². The molecule has 1 saturated carbocycles. The van der Waals surface area contributed by atoms with Crippen LogP contribution >= 0.6 is 0 Å². The number of nitrogens with one attached hydrogen (secondary N) is 1. The minimum absolute atomic E-state index is 0.0419. The Morgan fingerprint density at radius 3 is 2.44 bits per heavy atom. The van der Waals surface area contributed by atoms with Gasteiger partial charge in [0.2, 0.25) is 0 Å². The third-order valence-electron chi connectivity index (χ3n) is 5.11. The number of hydrogen-bond acceptors (Lipinski definition) is 5. The molecule has 3 rings (SSSR count). The van der Waals surface area contributed by atoms with Crippen LogP contribution in [0.5, 0.6) is 11.5 Å². The maximum Gasteiger partial charge on any atom is 0.318 e. The predicted octanol–water partition coefficient (Wildman–Crippen LogP) is 1.52. The van der Waals surface area contributed by atoms with E-state index in [2.05, 4.69) is 5.32 Å². The summed E-state index contributed by atoms with van der Waals surface area (Å²) in [6.45, 7) is 0. The molecule has 2 aliphatic rings. The van der Waals surface area contributed by atoms with Gasteiger partial charge in [-0.2, -0.15) is 0 Å². The van der Waals surface area contributed by atoms with Crippen LogP contribution in [0, 0.1) is 0 Å². The number of sulfone groups is 1. The molecule has 1 saturated heterocycles. The van der Waals surface area contributed by atoms with E-state index in [-0.39, 0.29) is 23.6 Å². The second-order valence-corrected chi connectivity index (χ2v) is 8.98. The van der Waals surface area contributed by atoms with Gasteiger partial charge < -0.3 is 19.7 Å². The van der Waals surface area contributed by atoms with E-state index < -0.39 is 15.4 Å². The second-order valence-electron chi connectivity index (χ2n) is 6.75. The summed E-state index contributed by atoms with van der Waals surface area (Å²) >= 11 is 0. The van der Waals surface area contributed by atoms with Crippen molar-refractivity contribution in [1.29, 1.82) is 0 Å². The summed E-state index contributed by atoms with van der Waals surface area (Å²) in [6, 6.07) is 5.13. The first-order valence-electron chi connectivity index (χ1n) is 8.28. The normalized spacial score (nSPS) is 22.9. The van der Waals surface area contributed by atoms with Crippen LogP contribution in [0.2, 0.25) is 0 Å². The van der Waals surface area contributed by atoms with Crippen molar-refractivity contribution in [2.45, 2.75) is 30.8 Å². The van der Waals surface area contributed by atoms with Crippen LogP contribution in [0.1, 0.15) is 24.8 Å². The van der Waals surface area contributed by atoms with Crippen molar-refractivity contribution in [1.82, 2.24) is 10.2 Å². The summed E-state index contributed by atoms with van der Waals surface area (Å²) in [5.74, 6) is 1.45. The van der Waals surface area contributed by atoms with Crippen molar-refractivity contribution in [2.75, 3.05) is 32.8 Å². The quantitative estimate of drug-likeness (QED) is 0.852. The summed E-state index contributed by atoms with van der Waals surface area (Å²) in [5, 5.41) is 3.07. The average Bonchev–Trinajstić information content (AvgIpc) is 3.28. The van der Waals surface area contributed by atoms with Gasteiger partial charge in [-0.05, 0) is 37.0 Å². The van der Waals surface area contributed by atoms with E-state index in [1.807, 2.05) is 18.2 Å². The van der Waals surface area contributed by atoms with Gasteiger partial charge in [0, 0.05) is 13.1 Å². The number of nitrogens with zero attached hydrogens (tertiary/aromatic N) is 1. The van der Waals surface area contributed by atoms with Crippen molar-refractivity contribution in [3.8, 4) is 11.5 Å². The SMILES string of the molecule is COc1ccc(C2(NC(=O)N(C)C3CCS(=O)(=O)C3)CC2)cc1OC. The highest BCUT2D eigenvalue weighted by Crippen LogP contribution is 2.47. The predicted molar refractivity (Wildman–Crippen MR) is 93.8 cm³/mol. The Bertz CT molecular complexity index is 773. The Morgan fingerprint density at radius 1 is 1.24 bits per heavy atom. The fraction of sp³-hybridized carbons (Fsp3) is 0.588. The topological polar surface area (TPSA) is 84.9 Å². The van der Waals surface area contributed by atoms with Gasteiger partial charge in [0.1, 0.15) is 0 Å². The van der Waals surface area contributed by atoms with Crippen LogP contribution in [-0.2, 0) is 15.4 Å². The number of ether oxygens (including phenoxy) is 2. The smallest absolute Gasteiger partial charge is 0.318 e. The number of carbonyl (C=O) groups excluding carboxylic acids is 1. The molecule has 25 heavy (non-hydrogen) atoms. The molecule has 1 N–H and O–H groups in total. The number of methoxy groups -OCH3 is 2. The first kappa shape index (κ1) is 17.8. The zero-order chi connectivity index (χ0) is 18.2. The molecule has 1 atom stereocenters. The highest BCUT2D eigenvalue weighted by molar-refractivity contribution is 7.91. The van der Waals surface area contributed by atoms with Gasteiger partial charge in [-0.25, -0.2) is 13.2 Å². The van der Waals surface area contributed by atoms with E-state index in [0.717, 1.165) is 18.4 Å². The van der Waals surface area contributed by atoms with Crippen LogP contribution < -0.4 is 14.8 Å². The van der Waals surface area contributed by atoms with E-state index >= 15 is 0 Å². The highest BCUT2D eigenvalue weighted by atomic mass is 32.2. The lowest BCUT2D eigenvalue weighted by Gasteiger charge is -2.27. The summed E-state index contributed by atoms with van der Waals surface area (Å²) in [7, 11) is 1.79. The fourth-order valence-electron chi connectivity index (χ4n) is 3.28. The third-order valence-corrected chi connectivity index (χ3v) is 6.86. The molecule has 0 aromatic heterocycles. The number of rotatable bonds is 5. The van der Waals surface area contributed by atoms with Gasteiger partial charge in [0.05, 0.1) is 31.3 Å². The van der Waals surface area contributed by atoms with E-state index in [1.165, 1.54) is 4.90 Å². The molecule has 2 amide bonds. The largest absolute Gasteiger partial charge is 0.493 e. The molecular weight excluding hydrogens is 344 g/mol. The summed E-state index contributed by atoms with van der Waals surface area (Å²) in [5.41, 5.74) is 0.550. The van der Waals surface area contributed by atoms with Crippen molar-refractivity contribution in [3.63, 3.8) is 0 Å². The summed E-state index contributed by atoms with van der Waals surface area (Å²) in [6.07, 6.45) is 2.17. The molecule has 138 valence electrons. The molecule has 1 heterocycles. The first-order valence-corrected chi connectivity index (χ1v) is 10.1. The molecular formula is C17H24N2O5S. The van der Waals surface area contributed by atoms with Crippen LogP contribution in [0.15, 0.2) is 18.2 Å². The van der Waals surface area contributed by atoms with Crippen molar-refractivity contribution < 1.29 is 22.7 Å². The van der Waals surface area contributed by atoms with Gasteiger partial charge >= 0.3 is 6.03 Å². The molecule has 1 aromatic rings. The first-order chi connectivity index (χ1) is 11.8. The Balaban J connectivity index is 1.73. The molecule has 1 aliphatic heterocycles. The van der Waals surface area contributed by atoms with E-state index in [0.29, 0.717) is 17.9 Å². The van der Waals surface area contributed by atoms with E-state index in [9.17, 15) is 13.2 Å². The molecule has 1 aliphatic carbocycles. The van der Waals surface area contributed by atoms with Crippen LogP contribution in [0.3, 0.4) is 0 Å². The van der Waals surface area contributed by atoms with E-state index in [1.54, 1.807) is 21.3 Å². The molecule has 2 fully saturated rings. The average molecular weight is 368 g/mol. The highest BCUT2D eigenvalue weighted by Gasteiger charge is 2.47. The minimum atomic E-state index is -3.02. The molecule has 1 aromatic carbocycles. The molecule has 7 nitrogen and oxygen atoms in total. The van der Waals surface area contributed by atoms with Crippen LogP contribution in [0.4, 0.5) is 4.79 Å². The zero-order valence-electron chi connectivity index (χ0n) is 14.7. The minimum Gasteiger partial charge on any atom is -0.493 e. The molecule has 1 unspecified atom stereocenters. The Labute approximate surface area is 148 Å². The maximum atomic E-state index is 12.6. The fourth-order valence-corrected chi connectivity index (χ4v) is 5.06. The van der Waals surface area contributed by atoms with Gasteiger partial charge in [-0.15, -0.1) is 0 Å². The molecule has 8 heteroatoms. The van der Waals surface area contributed by atoms with Gasteiger partial charge in [-0.3, -0.25) is 0 Å². The van der Waals surface area contributed by atoms with Crippen molar-refractivity contribution >= 4 is 15.9 Å². The number of carbonyl (C=O) groups is 1. The number of amides is 2. The zero-order valence-corrected chi connectivity index (χ0v) is 15.6. The number of hydrogen-bond donors (Lipinski definition) is 1. The van der Waals surface area contributed by atoms with Gasteiger partial charge in [-0.1, -0.05) is 6.07 Å². The summed E-state index contributed by atoms with van der Waals surface area (Å²) in [4.78, 5) is 14.1. The van der Waals surface area contributed by atoms with Gasteiger partial charge in [0.15, 0.2) is 21.3 Å². The summed E-state index contributed by atoms with van der Waals surface area (Å²) < 4.78 is 33.9. The van der Waals surface area contributed by atoms with E-state index in [4.69, 9.17) is 9.47 Å². The van der Waals surface area contributed by atoms with Gasteiger partial charge in [0.25, 0.3) is 0 Å². The Morgan fingerprint density at radius 2 is 1.92 bits per heavy atom. The molecule has 0 bridgehead atoms. The lowest BCUT2D eigenvalue weighted by molar-refractivity contribution is 0.189. The lowest BCUT2D eigenvalue weighted by Crippen LogP contribution is -2.47. The maximum absolute atomic E-state index is 12.6. The molecule has 0 spiro atoms. The lowest BCUT2D eigenvalue weighted by atomic mass is 10.0. The second kappa shape index (κ2) is 6.40. The molecule has 0 radical (unpaired) electrons. The monoisotopic (exact) mass is 368 g/mol. The standard InChI is InChI=1S/C17H24N2O5S/c1-19(13-6-9-25(21,22)11-13)16(20)18-17(7-8-17)12-4-5-14(23-2)15(10-12)24-3/h4-5,10,13H,6-9,11H2,1-3H3,(H,18,20). The third kappa shape index (κ3) is 3.53. The van der Waals surface area contributed by atoms with Crippen LogP contribution in [0.25, 0.3) is 0 Å². The Hall–Kier alpha value is -1.96. The number of benzene rings is 1. The Kier molecular flexibility index (Phi) is 4.57.